The molecule has 0 saturated heterocycles. The largest absolute Gasteiger partial charge is 0.122 e. The van der Waals surface area contributed by atoms with Gasteiger partial charge in [-0.15, -0.1) is 11.6 Å². The Bertz CT molecular complexity index is 132. The molecule has 0 spiro atoms. The van der Waals surface area contributed by atoms with Gasteiger partial charge in [-0.25, -0.2) is 0 Å². The SMILES string of the molecule is C=C/C=C\C=C(/C)CCl. The molecular formula is C8H11Cl. The average Bonchev–Trinajstić information content (AvgIpc) is 1.89. The summed E-state index contributed by atoms with van der Waals surface area (Å²) in [6, 6.07) is 0. The summed E-state index contributed by atoms with van der Waals surface area (Å²) in [5, 5.41) is 0. The van der Waals surface area contributed by atoms with Crippen molar-refractivity contribution >= 4 is 11.6 Å². The number of rotatable bonds is 3. The summed E-state index contributed by atoms with van der Waals surface area (Å²) in [5.74, 6) is 0.599. The molecule has 0 aliphatic rings. The van der Waals surface area contributed by atoms with Gasteiger partial charge in [-0.1, -0.05) is 36.5 Å². The molecule has 0 aliphatic heterocycles. The van der Waals surface area contributed by atoms with Crippen LogP contribution in [0.25, 0.3) is 0 Å². The molecular weight excluding hydrogens is 132 g/mol. The lowest BCUT2D eigenvalue weighted by molar-refractivity contribution is 1.40. The first kappa shape index (κ1) is 8.51. The number of allylic oxidation sites excluding steroid dienone is 5. The Hall–Kier alpha value is -0.490. The molecule has 0 radical (unpaired) electrons. The summed E-state index contributed by atoms with van der Waals surface area (Å²) in [6.07, 6.45) is 7.49. The Morgan fingerprint density at radius 3 is 2.67 bits per heavy atom. The first-order valence-corrected chi connectivity index (χ1v) is 3.35. The molecule has 0 saturated carbocycles. The molecule has 0 aromatic heterocycles. The Morgan fingerprint density at radius 1 is 1.56 bits per heavy atom. The van der Waals surface area contributed by atoms with Crippen molar-refractivity contribution in [1.29, 1.82) is 0 Å². The maximum absolute atomic E-state index is 5.50. The van der Waals surface area contributed by atoms with E-state index in [1.807, 2.05) is 25.2 Å². The third-order valence-corrected chi connectivity index (χ3v) is 1.26. The molecule has 0 heterocycles. The standard InChI is InChI=1S/C8H11Cl/c1-3-4-5-6-8(2)7-9/h3-6H,1,7H2,2H3/b5-4-,8-6+. The van der Waals surface area contributed by atoms with Crippen LogP contribution in [0, 0.1) is 0 Å². The van der Waals surface area contributed by atoms with E-state index in [-0.39, 0.29) is 0 Å². The summed E-state index contributed by atoms with van der Waals surface area (Å²) in [5.41, 5.74) is 1.16. The Labute approximate surface area is 61.5 Å². The zero-order valence-electron chi connectivity index (χ0n) is 5.60. The molecule has 0 amide bonds. The van der Waals surface area contributed by atoms with Gasteiger partial charge in [0.25, 0.3) is 0 Å². The van der Waals surface area contributed by atoms with Gasteiger partial charge in [0.05, 0.1) is 0 Å². The van der Waals surface area contributed by atoms with Crippen LogP contribution < -0.4 is 0 Å². The van der Waals surface area contributed by atoms with Crippen molar-refractivity contribution in [2.75, 3.05) is 5.88 Å². The lowest BCUT2D eigenvalue weighted by Gasteiger charge is -1.85. The highest BCUT2D eigenvalue weighted by Crippen LogP contribution is 1.94. The molecule has 0 fully saturated rings. The second-order valence-electron chi connectivity index (χ2n) is 1.77. The van der Waals surface area contributed by atoms with E-state index >= 15 is 0 Å². The van der Waals surface area contributed by atoms with Crippen LogP contribution in [0.2, 0.25) is 0 Å². The second-order valence-corrected chi connectivity index (χ2v) is 2.03. The normalized spacial score (nSPS) is 12.4. The molecule has 0 aromatic carbocycles. The van der Waals surface area contributed by atoms with Crippen molar-refractivity contribution in [3.8, 4) is 0 Å². The number of hydrogen-bond acceptors (Lipinski definition) is 0. The fourth-order valence-electron chi connectivity index (χ4n) is 0.343. The van der Waals surface area contributed by atoms with Crippen LogP contribution in [0.3, 0.4) is 0 Å². The van der Waals surface area contributed by atoms with Crippen molar-refractivity contribution < 1.29 is 0 Å². The number of halogens is 1. The molecule has 0 N–H and O–H groups in total. The summed E-state index contributed by atoms with van der Waals surface area (Å²) < 4.78 is 0. The highest BCUT2D eigenvalue weighted by atomic mass is 35.5. The number of alkyl halides is 1. The van der Waals surface area contributed by atoms with E-state index in [0.717, 1.165) is 5.57 Å². The quantitative estimate of drug-likeness (QED) is 0.420. The van der Waals surface area contributed by atoms with Crippen molar-refractivity contribution in [2.45, 2.75) is 6.92 Å². The second kappa shape index (κ2) is 5.64. The van der Waals surface area contributed by atoms with Crippen LogP contribution in [-0.4, -0.2) is 5.88 Å². The molecule has 0 bridgehead atoms. The third-order valence-electron chi connectivity index (χ3n) is 0.839. The van der Waals surface area contributed by atoms with E-state index in [1.165, 1.54) is 0 Å². The van der Waals surface area contributed by atoms with Gasteiger partial charge in [-0.05, 0) is 6.92 Å². The van der Waals surface area contributed by atoms with Gasteiger partial charge >= 0.3 is 0 Å². The molecule has 50 valence electrons. The minimum absolute atomic E-state index is 0.599. The Kier molecular flexibility index (Phi) is 5.34. The summed E-state index contributed by atoms with van der Waals surface area (Å²) in [6.45, 7) is 5.52. The molecule has 1 heteroatoms. The highest BCUT2D eigenvalue weighted by Gasteiger charge is 1.77. The van der Waals surface area contributed by atoms with E-state index in [0.29, 0.717) is 5.88 Å². The predicted molar refractivity (Wildman–Crippen MR) is 43.8 cm³/mol. The topological polar surface area (TPSA) is 0 Å². The maximum Gasteiger partial charge on any atom is 0.0433 e. The fraction of sp³-hybridized carbons (Fsp3) is 0.250. The monoisotopic (exact) mass is 142 g/mol. The van der Waals surface area contributed by atoms with Crippen LogP contribution in [0.4, 0.5) is 0 Å². The summed E-state index contributed by atoms with van der Waals surface area (Å²) in [7, 11) is 0. The first-order valence-electron chi connectivity index (χ1n) is 2.82. The molecule has 0 unspecified atom stereocenters. The van der Waals surface area contributed by atoms with Gasteiger partial charge in [0.15, 0.2) is 0 Å². The van der Waals surface area contributed by atoms with Gasteiger partial charge in [-0.3, -0.25) is 0 Å². The Morgan fingerprint density at radius 2 is 2.22 bits per heavy atom. The zero-order valence-corrected chi connectivity index (χ0v) is 6.36. The molecule has 0 aliphatic carbocycles. The van der Waals surface area contributed by atoms with Crippen LogP contribution in [0.15, 0.2) is 36.5 Å². The van der Waals surface area contributed by atoms with Gasteiger partial charge in [0.2, 0.25) is 0 Å². The maximum atomic E-state index is 5.50. The van der Waals surface area contributed by atoms with Crippen molar-refractivity contribution in [1.82, 2.24) is 0 Å². The van der Waals surface area contributed by atoms with Gasteiger partial charge in [0, 0.05) is 5.88 Å². The van der Waals surface area contributed by atoms with Gasteiger partial charge in [0.1, 0.15) is 0 Å². The molecule has 0 rings (SSSR count). The smallest absolute Gasteiger partial charge is 0.0433 e. The van der Waals surface area contributed by atoms with E-state index in [2.05, 4.69) is 6.58 Å². The van der Waals surface area contributed by atoms with Gasteiger partial charge < -0.3 is 0 Å². The minimum Gasteiger partial charge on any atom is -0.122 e. The van der Waals surface area contributed by atoms with Crippen LogP contribution >= 0.6 is 11.6 Å². The molecule has 9 heavy (non-hydrogen) atoms. The van der Waals surface area contributed by atoms with Crippen molar-refractivity contribution in [3.05, 3.63) is 36.5 Å². The lowest BCUT2D eigenvalue weighted by atomic mass is 10.3. The van der Waals surface area contributed by atoms with Gasteiger partial charge in [-0.2, -0.15) is 0 Å². The lowest BCUT2D eigenvalue weighted by Crippen LogP contribution is -1.71. The Balaban J connectivity index is 3.67. The van der Waals surface area contributed by atoms with E-state index in [1.54, 1.807) is 6.08 Å². The van der Waals surface area contributed by atoms with E-state index in [9.17, 15) is 0 Å². The number of hydrogen-bond donors (Lipinski definition) is 0. The van der Waals surface area contributed by atoms with Crippen molar-refractivity contribution in [3.63, 3.8) is 0 Å². The predicted octanol–water partition coefficient (Wildman–Crippen LogP) is 2.91. The average molecular weight is 143 g/mol. The van der Waals surface area contributed by atoms with E-state index in [4.69, 9.17) is 11.6 Å². The van der Waals surface area contributed by atoms with E-state index < -0.39 is 0 Å². The van der Waals surface area contributed by atoms with Crippen molar-refractivity contribution in [2.24, 2.45) is 0 Å². The highest BCUT2D eigenvalue weighted by molar-refractivity contribution is 6.19. The summed E-state index contributed by atoms with van der Waals surface area (Å²) >= 11 is 5.50. The molecule has 0 atom stereocenters. The van der Waals surface area contributed by atoms with Crippen LogP contribution in [-0.2, 0) is 0 Å². The molecule has 0 nitrogen and oxygen atoms in total. The fourth-order valence-corrected chi connectivity index (χ4v) is 0.432. The first-order chi connectivity index (χ1) is 4.31. The molecule has 0 aromatic rings. The summed E-state index contributed by atoms with van der Waals surface area (Å²) in [4.78, 5) is 0. The zero-order chi connectivity index (χ0) is 7.11. The van der Waals surface area contributed by atoms with Crippen LogP contribution in [0.5, 0.6) is 0 Å². The third kappa shape index (κ3) is 5.38. The minimum atomic E-state index is 0.599. The van der Waals surface area contributed by atoms with Crippen LogP contribution in [0.1, 0.15) is 6.92 Å².